The topological polar surface area (TPSA) is 55.4 Å². The number of halogens is 2. The third-order valence-electron chi connectivity index (χ3n) is 2.10. The van der Waals surface area contributed by atoms with Crippen LogP contribution >= 0.6 is 0 Å². The average molecular weight is 243 g/mol. The van der Waals surface area contributed by atoms with Gasteiger partial charge in [-0.1, -0.05) is 6.07 Å². The van der Waals surface area contributed by atoms with E-state index in [0.717, 1.165) is 19.2 Å². The molecule has 17 heavy (non-hydrogen) atoms. The Bertz CT molecular complexity index is 448. The molecule has 1 N–H and O–H groups in total. The summed E-state index contributed by atoms with van der Waals surface area (Å²) in [5, 5.41) is 2.19. The van der Waals surface area contributed by atoms with Crippen LogP contribution in [0.1, 0.15) is 17.3 Å². The first-order valence-corrected chi connectivity index (χ1v) is 4.80. The maximum atomic E-state index is 13.2. The van der Waals surface area contributed by atoms with Gasteiger partial charge in [-0.25, -0.2) is 13.6 Å². The SMILES string of the molecule is COC(=O)C(C)NC(=O)c1cccc(F)c1F. The molecule has 0 aliphatic heterocycles. The molecule has 0 fully saturated rings. The zero-order valence-corrected chi connectivity index (χ0v) is 9.29. The summed E-state index contributed by atoms with van der Waals surface area (Å²) in [6.45, 7) is 1.38. The number of esters is 1. The largest absolute Gasteiger partial charge is 0.467 e. The summed E-state index contributed by atoms with van der Waals surface area (Å²) in [5.41, 5.74) is -0.458. The van der Waals surface area contributed by atoms with Crippen LogP contribution in [-0.2, 0) is 9.53 Å². The molecule has 0 aliphatic rings. The van der Waals surface area contributed by atoms with Crippen molar-refractivity contribution < 1.29 is 23.1 Å². The van der Waals surface area contributed by atoms with E-state index in [4.69, 9.17) is 0 Å². The van der Waals surface area contributed by atoms with Crippen molar-refractivity contribution in [2.45, 2.75) is 13.0 Å². The van der Waals surface area contributed by atoms with Crippen LogP contribution in [-0.4, -0.2) is 25.0 Å². The Hall–Kier alpha value is -1.98. The zero-order chi connectivity index (χ0) is 13.0. The van der Waals surface area contributed by atoms with Crippen molar-refractivity contribution in [3.63, 3.8) is 0 Å². The molecule has 0 radical (unpaired) electrons. The van der Waals surface area contributed by atoms with Crippen LogP contribution < -0.4 is 5.32 Å². The number of carbonyl (C=O) groups is 2. The van der Waals surface area contributed by atoms with Gasteiger partial charge < -0.3 is 10.1 Å². The van der Waals surface area contributed by atoms with E-state index in [1.807, 2.05) is 0 Å². The lowest BCUT2D eigenvalue weighted by molar-refractivity contribution is -0.142. The first kappa shape index (κ1) is 13.1. The number of rotatable bonds is 3. The fourth-order valence-electron chi connectivity index (χ4n) is 1.19. The van der Waals surface area contributed by atoms with Gasteiger partial charge in [0.25, 0.3) is 5.91 Å². The van der Waals surface area contributed by atoms with Gasteiger partial charge >= 0.3 is 5.97 Å². The third-order valence-corrected chi connectivity index (χ3v) is 2.10. The van der Waals surface area contributed by atoms with Crippen LogP contribution in [0.2, 0.25) is 0 Å². The fraction of sp³-hybridized carbons (Fsp3) is 0.273. The van der Waals surface area contributed by atoms with Gasteiger partial charge in [-0.15, -0.1) is 0 Å². The summed E-state index contributed by atoms with van der Waals surface area (Å²) in [6, 6.07) is 2.29. The first-order valence-electron chi connectivity index (χ1n) is 4.80. The quantitative estimate of drug-likeness (QED) is 0.813. The van der Waals surface area contributed by atoms with Crippen LogP contribution in [0.15, 0.2) is 18.2 Å². The van der Waals surface area contributed by atoms with Crippen molar-refractivity contribution in [2.24, 2.45) is 0 Å². The zero-order valence-electron chi connectivity index (χ0n) is 9.29. The number of carbonyl (C=O) groups excluding carboxylic acids is 2. The molecule has 1 amide bonds. The van der Waals surface area contributed by atoms with E-state index in [-0.39, 0.29) is 0 Å². The minimum atomic E-state index is -1.25. The summed E-state index contributed by atoms with van der Waals surface area (Å²) in [4.78, 5) is 22.5. The number of methoxy groups -OCH3 is 1. The predicted molar refractivity (Wildman–Crippen MR) is 55.3 cm³/mol. The molecule has 0 bridgehead atoms. The lowest BCUT2D eigenvalue weighted by Crippen LogP contribution is -2.39. The van der Waals surface area contributed by atoms with Crippen molar-refractivity contribution >= 4 is 11.9 Å². The number of ether oxygens (including phenoxy) is 1. The summed E-state index contributed by atoms with van der Waals surface area (Å²) in [5.74, 6) is -3.92. The molecule has 4 nitrogen and oxygen atoms in total. The van der Waals surface area contributed by atoms with E-state index < -0.39 is 35.1 Å². The van der Waals surface area contributed by atoms with Crippen molar-refractivity contribution in [1.29, 1.82) is 0 Å². The second kappa shape index (κ2) is 5.38. The Morgan fingerprint density at radius 3 is 2.59 bits per heavy atom. The number of hydrogen-bond acceptors (Lipinski definition) is 3. The number of benzene rings is 1. The molecule has 0 saturated carbocycles. The van der Waals surface area contributed by atoms with Crippen molar-refractivity contribution in [2.75, 3.05) is 7.11 Å². The molecule has 0 aliphatic carbocycles. The van der Waals surface area contributed by atoms with Crippen LogP contribution in [0, 0.1) is 11.6 Å². The molecule has 0 spiro atoms. The van der Waals surface area contributed by atoms with E-state index in [1.165, 1.54) is 13.0 Å². The average Bonchev–Trinajstić information content (AvgIpc) is 2.31. The number of nitrogens with one attached hydrogen (secondary N) is 1. The molecule has 92 valence electrons. The Balaban J connectivity index is 2.84. The fourth-order valence-corrected chi connectivity index (χ4v) is 1.19. The van der Waals surface area contributed by atoms with E-state index >= 15 is 0 Å². The standard InChI is InChI=1S/C11H11F2NO3/c1-6(11(16)17-2)14-10(15)7-4-3-5-8(12)9(7)13/h3-6H,1-2H3,(H,14,15). The molecule has 1 aromatic carbocycles. The second-order valence-electron chi connectivity index (χ2n) is 3.32. The van der Waals surface area contributed by atoms with Crippen molar-refractivity contribution in [3.05, 3.63) is 35.4 Å². The Kier molecular flexibility index (Phi) is 4.14. The molecular weight excluding hydrogens is 232 g/mol. The minimum Gasteiger partial charge on any atom is -0.467 e. The molecule has 1 atom stereocenters. The van der Waals surface area contributed by atoms with Gasteiger partial charge in [0.1, 0.15) is 6.04 Å². The molecular formula is C11H11F2NO3. The molecule has 1 aromatic rings. The van der Waals surface area contributed by atoms with Crippen molar-refractivity contribution in [3.8, 4) is 0 Å². The maximum Gasteiger partial charge on any atom is 0.328 e. The summed E-state index contributed by atoms with van der Waals surface area (Å²) in [7, 11) is 1.16. The van der Waals surface area contributed by atoms with E-state index in [2.05, 4.69) is 10.1 Å². The van der Waals surface area contributed by atoms with E-state index in [9.17, 15) is 18.4 Å². The highest BCUT2D eigenvalue weighted by Crippen LogP contribution is 2.11. The van der Waals surface area contributed by atoms with Gasteiger partial charge in [-0.05, 0) is 19.1 Å². The molecule has 0 saturated heterocycles. The third kappa shape index (κ3) is 2.99. The number of amides is 1. The van der Waals surface area contributed by atoms with Gasteiger partial charge in [0.05, 0.1) is 12.7 Å². The predicted octanol–water partition coefficient (Wildman–Crippen LogP) is 1.26. The molecule has 0 heterocycles. The lowest BCUT2D eigenvalue weighted by Gasteiger charge is -2.11. The molecule has 1 unspecified atom stereocenters. The van der Waals surface area contributed by atoms with Crippen LogP contribution in [0.4, 0.5) is 8.78 Å². The van der Waals surface area contributed by atoms with Gasteiger partial charge in [0.2, 0.25) is 0 Å². The second-order valence-corrected chi connectivity index (χ2v) is 3.32. The van der Waals surface area contributed by atoms with Gasteiger partial charge in [0.15, 0.2) is 11.6 Å². The molecule has 0 aromatic heterocycles. The highest BCUT2D eigenvalue weighted by molar-refractivity contribution is 5.96. The van der Waals surface area contributed by atoms with Gasteiger partial charge in [-0.3, -0.25) is 4.79 Å². The molecule has 6 heteroatoms. The van der Waals surface area contributed by atoms with Crippen LogP contribution in [0.25, 0.3) is 0 Å². The van der Waals surface area contributed by atoms with Gasteiger partial charge in [0, 0.05) is 0 Å². The summed E-state index contributed by atoms with van der Waals surface area (Å²) >= 11 is 0. The molecule has 1 rings (SSSR count). The smallest absolute Gasteiger partial charge is 0.328 e. The first-order chi connectivity index (χ1) is 7.97. The van der Waals surface area contributed by atoms with Crippen LogP contribution in [0.3, 0.4) is 0 Å². The number of hydrogen-bond donors (Lipinski definition) is 1. The van der Waals surface area contributed by atoms with Gasteiger partial charge in [-0.2, -0.15) is 0 Å². The van der Waals surface area contributed by atoms with E-state index in [0.29, 0.717) is 0 Å². The lowest BCUT2D eigenvalue weighted by atomic mass is 10.2. The Morgan fingerprint density at radius 1 is 1.35 bits per heavy atom. The highest BCUT2D eigenvalue weighted by Gasteiger charge is 2.20. The Morgan fingerprint density at radius 2 is 2.00 bits per heavy atom. The van der Waals surface area contributed by atoms with Crippen molar-refractivity contribution in [1.82, 2.24) is 5.32 Å². The maximum absolute atomic E-state index is 13.2. The minimum absolute atomic E-state index is 0.458. The monoisotopic (exact) mass is 243 g/mol. The highest BCUT2D eigenvalue weighted by atomic mass is 19.2. The summed E-state index contributed by atoms with van der Waals surface area (Å²) < 4.78 is 30.5. The summed E-state index contributed by atoms with van der Waals surface area (Å²) in [6.07, 6.45) is 0. The Labute approximate surface area is 96.6 Å². The van der Waals surface area contributed by atoms with Crippen LogP contribution in [0.5, 0.6) is 0 Å². The van der Waals surface area contributed by atoms with E-state index in [1.54, 1.807) is 0 Å². The normalized spacial score (nSPS) is 11.8.